The third-order valence-corrected chi connectivity index (χ3v) is 5.14. The maximum Gasteiger partial charge on any atom is 0.191 e. The average Bonchev–Trinajstić information content (AvgIpc) is 2.62. The SMILES string of the molecule is CN1CC=C2C(C#N)=C(N)C(C#N)(C#N)[C@@H](c3ccc(F)cc3F)[C@H]2C1. The van der Waals surface area contributed by atoms with Crippen molar-refractivity contribution < 1.29 is 8.78 Å². The fraction of sp³-hybridized carbons (Fsp3) is 0.316. The Morgan fingerprint density at radius 1 is 1.23 bits per heavy atom. The largest absolute Gasteiger partial charge is 0.399 e. The van der Waals surface area contributed by atoms with Crippen LogP contribution in [0.4, 0.5) is 8.78 Å². The number of halogens is 2. The molecule has 0 saturated heterocycles. The van der Waals surface area contributed by atoms with Gasteiger partial charge in [0.15, 0.2) is 5.41 Å². The van der Waals surface area contributed by atoms with Crippen LogP contribution in [0.5, 0.6) is 0 Å². The van der Waals surface area contributed by atoms with Gasteiger partial charge in [0.05, 0.1) is 23.4 Å². The lowest BCUT2D eigenvalue weighted by Gasteiger charge is -2.45. The number of hydrogen-bond acceptors (Lipinski definition) is 5. The molecule has 0 unspecified atom stereocenters. The number of nitrogens with two attached hydrogens (primary N) is 1. The van der Waals surface area contributed by atoms with Crippen molar-refractivity contribution in [2.45, 2.75) is 5.92 Å². The maximum atomic E-state index is 14.6. The molecule has 2 atom stereocenters. The molecule has 1 aliphatic carbocycles. The second kappa shape index (κ2) is 6.26. The fourth-order valence-electron chi connectivity index (χ4n) is 3.92. The average molecular weight is 351 g/mol. The summed E-state index contributed by atoms with van der Waals surface area (Å²) in [6.07, 6.45) is 1.81. The van der Waals surface area contributed by atoms with E-state index in [4.69, 9.17) is 5.73 Å². The van der Waals surface area contributed by atoms with Gasteiger partial charge in [0, 0.05) is 31.0 Å². The Kier molecular flexibility index (Phi) is 4.24. The van der Waals surface area contributed by atoms with Crippen LogP contribution in [0.15, 0.2) is 41.1 Å². The molecule has 5 nitrogen and oxygen atoms in total. The van der Waals surface area contributed by atoms with E-state index in [1.54, 1.807) is 0 Å². The zero-order chi connectivity index (χ0) is 19.1. The zero-order valence-corrected chi connectivity index (χ0v) is 14.0. The predicted molar refractivity (Wildman–Crippen MR) is 88.7 cm³/mol. The van der Waals surface area contributed by atoms with Gasteiger partial charge >= 0.3 is 0 Å². The van der Waals surface area contributed by atoms with Gasteiger partial charge in [0.1, 0.15) is 17.7 Å². The van der Waals surface area contributed by atoms with E-state index in [2.05, 4.69) is 0 Å². The molecule has 0 fully saturated rings. The maximum absolute atomic E-state index is 14.6. The molecule has 1 aromatic carbocycles. The Balaban J connectivity index is 2.36. The van der Waals surface area contributed by atoms with Crippen LogP contribution < -0.4 is 5.73 Å². The summed E-state index contributed by atoms with van der Waals surface area (Å²) in [6, 6.07) is 8.90. The van der Waals surface area contributed by atoms with E-state index in [0.717, 1.165) is 12.1 Å². The highest BCUT2D eigenvalue weighted by molar-refractivity contribution is 5.59. The lowest BCUT2D eigenvalue weighted by atomic mass is 9.58. The minimum atomic E-state index is -1.91. The molecule has 0 spiro atoms. The second-order valence-corrected chi connectivity index (χ2v) is 6.56. The van der Waals surface area contributed by atoms with Crippen LogP contribution in [-0.4, -0.2) is 25.0 Å². The van der Waals surface area contributed by atoms with Gasteiger partial charge < -0.3 is 10.6 Å². The summed E-state index contributed by atoms with van der Waals surface area (Å²) in [5, 5.41) is 29.2. The van der Waals surface area contributed by atoms with E-state index in [1.807, 2.05) is 36.2 Å². The summed E-state index contributed by atoms with van der Waals surface area (Å²) >= 11 is 0. The molecule has 7 heteroatoms. The molecular formula is C19H15F2N5. The van der Waals surface area contributed by atoms with Crippen molar-refractivity contribution >= 4 is 0 Å². The second-order valence-electron chi connectivity index (χ2n) is 6.56. The Morgan fingerprint density at radius 3 is 2.50 bits per heavy atom. The minimum absolute atomic E-state index is 0.0423. The highest BCUT2D eigenvalue weighted by atomic mass is 19.1. The molecule has 1 aromatic rings. The van der Waals surface area contributed by atoms with Crippen molar-refractivity contribution in [3.63, 3.8) is 0 Å². The van der Waals surface area contributed by atoms with E-state index in [9.17, 15) is 24.6 Å². The summed E-state index contributed by atoms with van der Waals surface area (Å²) in [4.78, 5) is 1.94. The number of likely N-dealkylation sites (N-methyl/N-ethyl adjacent to an activating group) is 1. The summed E-state index contributed by atoms with van der Waals surface area (Å²) in [5.74, 6) is -3.04. The first-order valence-electron chi connectivity index (χ1n) is 7.96. The number of fused-ring (bicyclic) bond motifs is 1. The highest BCUT2D eigenvalue weighted by Crippen LogP contribution is 2.54. The van der Waals surface area contributed by atoms with Gasteiger partial charge in [-0.15, -0.1) is 0 Å². The lowest BCUT2D eigenvalue weighted by Crippen LogP contribution is -2.47. The van der Waals surface area contributed by atoms with E-state index < -0.39 is 28.9 Å². The van der Waals surface area contributed by atoms with Gasteiger partial charge in [-0.25, -0.2) is 8.78 Å². The summed E-state index contributed by atoms with van der Waals surface area (Å²) in [6.45, 7) is 0.978. The van der Waals surface area contributed by atoms with Crippen LogP contribution in [0.3, 0.4) is 0 Å². The van der Waals surface area contributed by atoms with Crippen LogP contribution >= 0.6 is 0 Å². The molecule has 1 aliphatic heterocycles. The number of nitriles is 3. The molecule has 0 radical (unpaired) electrons. The molecule has 0 saturated carbocycles. The topological polar surface area (TPSA) is 101 Å². The quantitative estimate of drug-likeness (QED) is 0.837. The first-order chi connectivity index (χ1) is 12.4. The Labute approximate surface area is 149 Å². The molecule has 2 aliphatic rings. The Hall–Kier alpha value is -3.21. The summed E-state index contributed by atoms with van der Waals surface area (Å²) in [7, 11) is 1.85. The van der Waals surface area contributed by atoms with Crippen LogP contribution in [0, 0.1) is 57.0 Å². The Morgan fingerprint density at radius 2 is 1.92 bits per heavy atom. The van der Waals surface area contributed by atoms with Crippen molar-refractivity contribution in [1.82, 2.24) is 4.90 Å². The fourth-order valence-corrected chi connectivity index (χ4v) is 3.92. The molecule has 1 heterocycles. The number of hydrogen-bond donors (Lipinski definition) is 1. The number of nitrogens with zero attached hydrogens (tertiary/aromatic N) is 4. The van der Waals surface area contributed by atoms with Crippen molar-refractivity contribution in [3.05, 3.63) is 58.3 Å². The van der Waals surface area contributed by atoms with E-state index in [-0.39, 0.29) is 16.8 Å². The number of rotatable bonds is 1. The highest BCUT2D eigenvalue weighted by Gasteiger charge is 2.54. The van der Waals surface area contributed by atoms with E-state index >= 15 is 0 Å². The van der Waals surface area contributed by atoms with Crippen molar-refractivity contribution in [2.24, 2.45) is 17.1 Å². The zero-order valence-electron chi connectivity index (χ0n) is 14.0. The third-order valence-electron chi connectivity index (χ3n) is 5.14. The van der Waals surface area contributed by atoms with Crippen LogP contribution in [-0.2, 0) is 0 Å². The molecule has 2 N–H and O–H groups in total. The van der Waals surface area contributed by atoms with Crippen LogP contribution in [0.25, 0.3) is 0 Å². The van der Waals surface area contributed by atoms with Crippen LogP contribution in [0.1, 0.15) is 11.5 Å². The standard InChI is InChI=1S/C19H15F2N5/c1-26-5-4-12-14(7-22)18(25)19(9-23,10-24)17(15(12)8-26)13-3-2-11(20)6-16(13)21/h2-4,6,15,17H,5,8,25H2,1H3/t15-,17-/m0/s1. The van der Waals surface area contributed by atoms with Crippen molar-refractivity contribution in [1.29, 1.82) is 15.8 Å². The number of allylic oxidation sites excluding steroid dienone is 2. The van der Waals surface area contributed by atoms with E-state index in [1.165, 1.54) is 6.07 Å². The summed E-state index contributed by atoms with van der Waals surface area (Å²) in [5.41, 5.74) is 4.77. The van der Waals surface area contributed by atoms with Gasteiger partial charge in [-0.3, -0.25) is 0 Å². The van der Waals surface area contributed by atoms with Gasteiger partial charge in [0.25, 0.3) is 0 Å². The first-order valence-corrected chi connectivity index (χ1v) is 7.96. The lowest BCUT2D eigenvalue weighted by molar-refractivity contribution is 0.234. The van der Waals surface area contributed by atoms with Crippen molar-refractivity contribution in [3.8, 4) is 18.2 Å². The van der Waals surface area contributed by atoms with Gasteiger partial charge in [-0.2, -0.15) is 15.8 Å². The smallest absolute Gasteiger partial charge is 0.191 e. The summed E-state index contributed by atoms with van der Waals surface area (Å²) < 4.78 is 28.0. The van der Waals surface area contributed by atoms with E-state index in [0.29, 0.717) is 18.7 Å². The number of benzene rings is 1. The monoisotopic (exact) mass is 351 g/mol. The first kappa shape index (κ1) is 17.6. The minimum Gasteiger partial charge on any atom is -0.399 e. The molecule has 26 heavy (non-hydrogen) atoms. The normalized spacial score (nSPS) is 24.7. The van der Waals surface area contributed by atoms with Gasteiger partial charge in [-0.05, 0) is 24.3 Å². The molecule has 3 rings (SSSR count). The molecule has 130 valence electrons. The molecular weight excluding hydrogens is 336 g/mol. The Bertz CT molecular complexity index is 944. The molecule has 0 bridgehead atoms. The van der Waals surface area contributed by atoms with Crippen LogP contribution in [0.2, 0.25) is 0 Å². The predicted octanol–water partition coefficient (Wildman–Crippen LogP) is 2.32. The molecule has 0 amide bonds. The third kappa shape index (κ3) is 2.36. The molecule has 0 aromatic heterocycles. The van der Waals surface area contributed by atoms with Gasteiger partial charge in [0.2, 0.25) is 0 Å². The van der Waals surface area contributed by atoms with Crippen molar-refractivity contribution in [2.75, 3.05) is 20.1 Å². The van der Waals surface area contributed by atoms with Gasteiger partial charge in [-0.1, -0.05) is 12.1 Å².